The summed E-state index contributed by atoms with van der Waals surface area (Å²) in [6, 6.07) is 13.5. The third-order valence-corrected chi connectivity index (χ3v) is 4.78. The van der Waals surface area contributed by atoms with Gasteiger partial charge in [0.1, 0.15) is 17.5 Å². The van der Waals surface area contributed by atoms with Crippen LogP contribution in [0.15, 0.2) is 53.9 Å². The number of carbonyl (C=O) groups excluding carboxylic acids is 2. The van der Waals surface area contributed by atoms with Gasteiger partial charge in [-0.1, -0.05) is 18.2 Å². The minimum absolute atomic E-state index is 0.0679. The molecule has 0 unspecified atom stereocenters. The van der Waals surface area contributed by atoms with E-state index >= 15 is 0 Å². The van der Waals surface area contributed by atoms with E-state index in [2.05, 4.69) is 0 Å². The number of para-hydroxylation sites is 2. The summed E-state index contributed by atoms with van der Waals surface area (Å²) in [5.41, 5.74) is 1.98. The van der Waals surface area contributed by atoms with Crippen molar-refractivity contribution in [2.45, 2.75) is 6.42 Å². The summed E-state index contributed by atoms with van der Waals surface area (Å²) in [4.78, 5) is 28.2. The topological polar surface area (TPSA) is 82.9 Å². The fourth-order valence-electron chi connectivity index (χ4n) is 3.31. The maximum Gasteiger partial charge on any atom is 0.310 e. The van der Waals surface area contributed by atoms with Crippen LogP contribution >= 0.6 is 0 Å². The largest absolute Gasteiger partial charge is 0.494 e. The molecule has 8 heteroatoms. The van der Waals surface area contributed by atoms with Crippen molar-refractivity contribution >= 4 is 23.1 Å². The van der Waals surface area contributed by atoms with Gasteiger partial charge in [0.25, 0.3) is 0 Å². The van der Waals surface area contributed by atoms with Crippen LogP contribution in [-0.4, -0.2) is 39.6 Å². The van der Waals surface area contributed by atoms with Crippen molar-refractivity contribution in [3.05, 3.63) is 65.2 Å². The van der Waals surface area contributed by atoms with Gasteiger partial charge in [-0.3, -0.25) is 9.59 Å². The number of rotatable bonds is 6. The molecular weight excluding hydrogens is 389 g/mol. The highest BCUT2D eigenvalue weighted by molar-refractivity contribution is 6.03. The monoisotopic (exact) mass is 409 g/mol. The van der Waals surface area contributed by atoms with E-state index in [0.29, 0.717) is 11.4 Å². The first-order chi connectivity index (χ1) is 14.4. The molecule has 0 amide bonds. The van der Waals surface area contributed by atoms with E-state index in [9.17, 15) is 19.2 Å². The number of benzene rings is 2. The molecule has 1 aliphatic heterocycles. The van der Waals surface area contributed by atoms with E-state index in [-0.39, 0.29) is 17.7 Å². The predicted octanol–water partition coefficient (Wildman–Crippen LogP) is 2.81. The van der Waals surface area contributed by atoms with Gasteiger partial charge >= 0.3 is 5.97 Å². The summed E-state index contributed by atoms with van der Waals surface area (Å²) in [6.07, 6.45) is -0.210. The van der Waals surface area contributed by atoms with Gasteiger partial charge in [-0.25, -0.2) is 4.39 Å². The Balaban J connectivity index is 1.69. The first-order valence-electron chi connectivity index (χ1n) is 9.09. The number of hydrogen-bond acceptors (Lipinski definition) is 7. The van der Waals surface area contributed by atoms with Crippen LogP contribution in [0.1, 0.15) is 5.56 Å². The summed E-state index contributed by atoms with van der Waals surface area (Å²) in [5.74, 6) is -1.43. The van der Waals surface area contributed by atoms with Gasteiger partial charge in [0.15, 0.2) is 18.2 Å². The Morgan fingerprint density at radius 3 is 2.27 bits per heavy atom. The number of halogens is 1. The number of fused-ring (bicyclic) bond motifs is 1. The molecule has 0 saturated carbocycles. The number of anilines is 2. The third kappa shape index (κ3) is 3.96. The molecule has 0 atom stereocenters. The fraction of sp³-hybridized carbons (Fsp3) is 0.227. The van der Waals surface area contributed by atoms with Crippen molar-refractivity contribution < 1.29 is 23.5 Å². The Labute approximate surface area is 173 Å². The molecular formula is C22H20FN3O4. The third-order valence-electron chi connectivity index (χ3n) is 4.78. The standard InChI is InChI=1S/C22H20FN3O4/c1-25-17-6-4-5-7-18(17)26(2)22(25)15(12-24)19(27)13-30-21(28)11-14-8-9-20(29-3)16(23)10-14/h4-10H,11,13H2,1-3H3. The summed E-state index contributed by atoms with van der Waals surface area (Å²) >= 11 is 0. The maximum absolute atomic E-state index is 13.7. The molecule has 0 fully saturated rings. The van der Waals surface area contributed by atoms with Crippen molar-refractivity contribution in [3.63, 3.8) is 0 Å². The number of ether oxygens (including phenoxy) is 2. The number of methoxy groups -OCH3 is 1. The minimum atomic E-state index is -0.702. The van der Waals surface area contributed by atoms with E-state index in [0.717, 1.165) is 11.4 Å². The number of Topliss-reactive ketones (excluding diaryl/α,β-unsaturated/α-hetero) is 1. The molecule has 1 heterocycles. The normalized spacial score (nSPS) is 12.3. The smallest absolute Gasteiger partial charge is 0.310 e. The summed E-state index contributed by atoms with van der Waals surface area (Å²) in [5, 5.41) is 9.58. The lowest BCUT2D eigenvalue weighted by Gasteiger charge is -2.19. The quantitative estimate of drug-likeness (QED) is 0.412. The average molecular weight is 409 g/mol. The van der Waals surface area contributed by atoms with Crippen LogP contribution in [-0.2, 0) is 20.7 Å². The zero-order valence-corrected chi connectivity index (χ0v) is 16.8. The van der Waals surface area contributed by atoms with E-state index < -0.39 is 24.2 Å². The van der Waals surface area contributed by atoms with Crippen LogP contribution in [0, 0.1) is 17.1 Å². The highest BCUT2D eigenvalue weighted by Gasteiger charge is 2.31. The second-order valence-electron chi connectivity index (χ2n) is 6.65. The molecule has 2 aromatic rings. The summed E-state index contributed by atoms with van der Waals surface area (Å²) in [7, 11) is 4.86. The molecule has 30 heavy (non-hydrogen) atoms. The lowest BCUT2D eigenvalue weighted by molar-refractivity contribution is -0.146. The molecule has 0 aromatic heterocycles. The number of nitriles is 1. The highest BCUT2D eigenvalue weighted by Crippen LogP contribution is 2.40. The van der Waals surface area contributed by atoms with Crippen molar-refractivity contribution in [2.75, 3.05) is 37.6 Å². The molecule has 0 spiro atoms. The maximum atomic E-state index is 13.7. The van der Waals surface area contributed by atoms with Gasteiger partial charge in [-0.05, 0) is 29.8 Å². The average Bonchev–Trinajstić information content (AvgIpc) is 2.98. The van der Waals surface area contributed by atoms with E-state index in [1.807, 2.05) is 30.3 Å². The second kappa shape index (κ2) is 8.66. The van der Waals surface area contributed by atoms with Crippen LogP contribution < -0.4 is 14.5 Å². The molecule has 154 valence electrons. The van der Waals surface area contributed by atoms with Gasteiger partial charge in [0.2, 0.25) is 5.78 Å². The first-order valence-corrected chi connectivity index (χ1v) is 9.09. The Bertz CT molecular complexity index is 1040. The highest BCUT2D eigenvalue weighted by atomic mass is 19.1. The number of carbonyl (C=O) groups is 2. The Morgan fingerprint density at radius 2 is 1.73 bits per heavy atom. The van der Waals surface area contributed by atoms with E-state index in [1.165, 1.54) is 25.3 Å². The molecule has 3 rings (SSSR count). The molecule has 0 N–H and O–H groups in total. The van der Waals surface area contributed by atoms with Crippen LogP contribution in [0.4, 0.5) is 15.8 Å². The van der Waals surface area contributed by atoms with Gasteiger partial charge in [-0.2, -0.15) is 5.26 Å². The van der Waals surface area contributed by atoms with E-state index in [4.69, 9.17) is 9.47 Å². The first kappa shape index (κ1) is 20.9. The minimum Gasteiger partial charge on any atom is -0.494 e. The zero-order chi connectivity index (χ0) is 21.8. The summed E-state index contributed by atoms with van der Waals surface area (Å²) in [6.45, 7) is -0.581. The van der Waals surface area contributed by atoms with Crippen molar-refractivity contribution in [1.82, 2.24) is 0 Å². The van der Waals surface area contributed by atoms with Crippen LogP contribution in [0.5, 0.6) is 5.75 Å². The lowest BCUT2D eigenvalue weighted by atomic mass is 10.1. The Kier molecular flexibility index (Phi) is 6.02. The second-order valence-corrected chi connectivity index (χ2v) is 6.65. The van der Waals surface area contributed by atoms with Crippen LogP contribution in [0.2, 0.25) is 0 Å². The number of nitrogens with zero attached hydrogens (tertiary/aromatic N) is 3. The van der Waals surface area contributed by atoms with E-state index in [1.54, 1.807) is 23.9 Å². The van der Waals surface area contributed by atoms with Crippen molar-refractivity contribution in [3.8, 4) is 11.8 Å². The SMILES string of the molecule is COc1ccc(CC(=O)OCC(=O)C(C#N)=C2N(C)c3ccccc3N2C)cc1F. The predicted molar refractivity (Wildman–Crippen MR) is 109 cm³/mol. The Morgan fingerprint density at radius 1 is 1.10 bits per heavy atom. The Hall–Kier alpha value is -3.86. The molecule has 0 radical (unpaired) electrons. The molecule has 2 aromatic carbocycles. The zero-order valence-electron chi connectivity index (χ0n) is 16.8. The van der Waals surface area contributed by atoms with Gasteiger partial charge in [0.05, 0.1) is 24.9 Å². The lowest BCUT2D eigenvalue weighted by Crippen LogP contribution is -2.28. The number of ketones is 1. The van der Waals surface area contributed by atoms with Crippen molar-refractivity contribution in [2.24, 2.45) is 0 Å². The number of esters is 1. The molecule has 7 nitrogen and oxygen atoms in total. The fourth-order valence-corrected chi connectivity index (χ4v) is 3.31. The number of hydrogen-bond donors (Lipinski definition) is 0. The van der Waals surface area contributed by atoms with Crippen molar-refractivity contribution in [1.29, 1.82) is 5.26 Å². The van der Waals surface area contributed by atoms with Crippen LogP contribution in [0.3, 0.4) is 0 Å². The molecule has 0 bridgehead atoms. The summed E-state index contributed by atoms with van der Waals surface area (Å²) < 4.78 is 23.6. The van der Waals surface area contributed by atoms with Gasteiger partial charge < -0.3 is 19.3 Å². The van der Waals surface area contributed by atoms with Gasteiger partial charge in [-0.15, -0.1) is 0 Å². The molecule has 0 saturated heterocycles. The van der Waals surface area contributed by atoms with Crippen LogP contribution in [0.25, 0.3) is 0 Å². The molecule has 0 aliphatic carbocycles. The van der Waals surface area contributed by atoms with Gasteiger partial charge in [0, 0.05) is 14.1 Å². The molecule has 1 aliphatic rings.